The second-order valence-corrected chi connectivity index (χ2v) is 5.41. The predicted molar refractivity (Wildman–Crippen MR) is 73.4 cm³/mol. The maximum atomic E-state index is 5.99. The molecule has 0 amide bonds. The van der Waals surface area contributed by atoms with Gasteiger partial charge in [0, 0.05) is 24.2 Å². The van der Waals surface area contributed by atoms with E-state index in [0.29, 0.717) is 6.04 Å². The van der Waals surface area contributed by atoms with Crippen molar-refractivity contribution in [3.8, 4) is 0 Å². The molecule has 0 aliphatic carbocycles. The minimum Gasteiger partial charge on any atom is -0.313 e. The molecule has 17 heavy (non-hydrogen) atoms. The number of benzene rings is 1. The Kier molecular flexibility index (Phi) is 4.84. The van der Waals surface area contributed by atoms with Gasteiger partial charge in [-0.15, -0.1) is 0 Å². The van der Waals surface area contributed by atoms with Crippen molar-refractivity contribution in [3.63, 3.8) is 0 Å². The van der Waals surface area contributed by atoms with Crippen molar-refractivity contribution in [2.24, 2.45) is 0 Å². The van der Waals surface area contributed by atoms with Gasteiger partial charge in [0.2, 0.25) is 0 Å². The summed E-state index contributed by atoms with van der Waals surface area (Å²) in [7, 11) is 2.18. The highest BCUT2D eigenvalue weighted by Gasteiger charge is 2.14. The van der Waals surface area contributed by atoms with Crippen molar-refractivity contribution in [1.82, 2.24) is 10.2 Å². The molecular formula is C14H21ClN2. The summed E-state index contributed by atoms with van der Waals surface area (Å²) >= 11 is 5.99. The van der Waals surface area contributed by atoms with Crippen LogP contribution in [-0.2, 0) is 6.54 Å². The van der Waals surface area contributed by atoms with Crippen LogP contribution in [-0.4, -0.2) is 31.1 Å². The van der Waals surface area contributed by atoms with E-state index in [1.165, 1.54) is 31.4 Å². The van der Waals surface area contributed by atoms with E-state index in [0.717, 1.165) is 18.1 Å². The summed E-state index contributed by atoms with van der Waals surface area (Å²) < 4.78 is 0. The minimum absolute atomic E-state index is 0.660. The lowest BCUT2D eigenvalue weighted by atomic mass is 10.0. The Balaban J connectivity index is 1.82. The van der Waals surface area contributed by atoms with E-state index in [9.17, 15) is 0 Å². The topological polar surface area (TPSA) is 15.3 Å². The number of hydrogen-bond acceptors (Lipinski definition) is 2. The molecule has 1 saturated heterocycles. The first-order valence-corrected chi connectivity index (χ1v) is 6.78. The average molecular weight is 253 g/mol. The molecule has 1 N–H and O–H groups in total. The third-order valence-electron chi connectivity index (χ3n) is 3.29. The van der Waals surface area contributed by atoms with Crippen molar-refractivity contribution in [2.75, 3.05) is 20.1 Å². The Morgan fingerprint density at radius 1 is 1.41 bits per heavy atom. The van der Waals surface area contributed by atoms with E-state index >= 15 is 0 Å². The number of hydrogen-bond donors (Lipinski definition) is 1. The van der Waals surface area contributed by atoms with Gasteiger partial charge in [0.25, 0.3) is 0 Å². The predicted octanol–water partition coefficient (Wildman–Crippen LogP) is 2.91. The first kappa shape index (κ1) is 12.9. The third-order valence-corrected chi connectivity index (χ3v) is 3.52. The van der Waals surface area contributed by atoms with E-state index in [2.05, 4.69) is 23.3 Å². The lowest BCUT2D eigenvalue weighted by molar-refractivity contribution is 0.256. The molecule has 1 aromatic carbocycles. The number of piperidine rings is 1. The molecule has 94 valence electrons. The number of likely N-dealkylation sites (N-methyl/N-ethyl adjacent to an activating group) is 1. The maximum absolute atomic E-state index is 5.99. The molecule has 0 saturated carbocycles. The second-order valence-electron chi connectivity index (χ2n) is 4.97. The zero-order valence-electron chi connectivity index (χ0n) is 10.5. The molecule has 1 aliphatic heterocycles. The Morgan fingerprint density at radius 3 is 3.00 bits per heavy atom. The van der Waals surface area contributed by atoms with Crippen LogP contribution in [0, 0.1) is 0 Å². The maximum Gasteiger partial charge on any atom is 0.0409 e. The molecule has 1 heterocycles. The summed E-state index contributed by atoms with van der Waals surface area (Å²) in [5, 5.41) is 4.41. The fourth-order valence-electron chi connectivity index (χ4n) is 2.47. The van der Waals surface area contributed by atoms with Crippen LogP contribution in [0.15, 0.2) is 24.3 Å². The van der Waals surface area contributed by atoms with Crippen LogP contribution in [0.25, 0.3) is 0 Å². The monoisotopic (exact) mass is 252 g/mol. The number of nitrogens with zero attached hydrogens (tertiary/aromatic N) is 1. The SMILES string of the molecule is CN(Cc1cccc(Cl)c1)CC1CCCCN1. The van der Waals surface area contributed by atoms with Gasteiger partial charge in [-0.25, -0.2) is 0 Å². The van der Waals surface area contributed by atoms with Crippen LogP contribution in [0.1, 0.15) is 24.8 Å². The highest BCUT2D eigenvalue weighted by molar-refractivity contribution is 6.30. The summed E-state index contributed by atoms with van der Waals surface area (Å²) in [6, 6.07) is 8.79. The molecule has 1 fully saturated rings. The number of rotatable bonds is 4. The van der Waals surface area contributed by atoms with Gasteiger partial charge >= 0.3 is 0 Å². The van der Waals surface area contributed by atoms with E-state index in [-0.39, 0.29) is 0 Å². The molecule has 0 spiro atoms. The van der Waals surface area contributed by atoms with Crippen LogP contribution < -0.4 is 5.32 Å². The Hall–Kier alpha value is -0.570. The number of nitrogens with one attached hydrogen (secondary N) is 1. The Labute approximate surface area is 109 Å². The van der Waals surface area contributed by atoms with Crippen LogP contribution in [0.5, 0.6) is 0 Å². The van der Waals surface area contributed by atoms with Gasteiger partial charge in [-0.1, -0.05) is 30.2 Å². The van der Waals surface area contributed by atoms with E-state index in [1.807, 2.05) is 18.2 Å². The van der Waals surface area contributed by atoms with Gasteiger partial charge in [0.15, 0.2) is 0 Å². The smallest absolute Gasteiger partial charge is 0.0409 e. The highest BCUT2D eigenvalue weighted by Crippen LogP contribution is 2.13. The molecule has 1 aliphatic rings. The third kappa shape index (κ3) is 4.30. The highest BCUT2D eigenvalue weighted by atomic mass is 35.5. The Morgan fingerprint density at radius 2 is 2.29 bits per heavy atom. The van der Waals surface area contributed by atoms with Crippen LogP contribution in [0.2, 0.25) is 5.02 Å². The first-order chi connectivity index (χ1) is 8.24. The summed E-state index contributed by atoms with van der Waals surface area (Å²) in [4.78, 5) is 2.37. The summed E-state index contributed by atoms with van der Waals surface area (Å²) in [5.41, 5.74) is 1.29. The van der Waals surface area contributed by atoms with E-state index in [4.69, 9.17) is 11.6 Å². The van der Waals surface area contributed by atoms with Crippen molar-refractivity contribution in [1.29, 1.82) is 0 Å². The lowest BCUT2D eigenvalue weighted by Gasteiger charge is -2.28. The van der Waals surface area contributed by atoms with Crippen molar-refractivity contribution < 1.29 is 0 Å². The molecular weight excluding hydrogens is 232 g/mol. The van der Waals surface area contributed by atoms with Crippen LogP contribution >= 0.6 is 11.6 Å². The van der Waals surface area contributed by atoms with Crippen LogP contribution in [0.4, 0.5) is 0 Å². The molecule has 2 rings (SSSR count). The standard InChI is InChI=1S/C14H21ClN2/c1-17(11-14-7-2-3-8-16-14)10-12-5-4-6-13(15)9-12/h4-6,9,14,16H,2-3,7-8,10-11H2,1H3. The van der Waals surface area contributed by atoms with Crippen LogP contribution in [0.3, 0.4) is 0 Å². The second kappa shape index (κ2) is 6.39. The summed E-state index contributed by atoms with van der Waals surface area (Å²) in [6.45, 7) is 3.26. The fraction of sp³-hybridized carbons (Fsp3) is 0.571. The lowest BCUT2D eigenvalue weighted by Crippen LogP contribution is -2.42. The fourth-order valence-corrected chi connectivity index (χ4v) is 2.68. The van der Waals surface area contributed by atoms with Gasteiger partial charge in [-0.05, 0) is 44.1 Å². The van der Waals surface area contributed by atoms with Gasteiger partial charge in [-0.3, -0.25) is 0 Å². The Bertz CT molecular complexity index is 348. The minimum atomic E-state index is 0.660. The molecule has 1 unspecified atom stereocenters. The first-order valence-electron chi connectivity index (χ1n) is 6.40. The van der Waals surface area contributed by atoms with Gasteiger partial charge < -0.3 is 10.2 Å². The molecule has 1 aromatic rings. The average Bonchev–Trinajstić information content (AvgIpc) is 2.30. The van der Waals surface area contributed by atoms with Gasteiger partial charge in [0.05, 0.1) is 0 Å². The van der Waals surface area contributed by atoms with Gasteiger partial charge in [0.1, 0.15) is 0 Å². The van der Waals surface area contributed by atoms with E-state index in [1.54, 1.807) is 0 Å². The summed E-state index contributed by atoms with van der Waals surface area (Å²) in [5.74, 6) is 0. The molecule has 3 heteroatoms. The molecule has 1 atom stereocenters. The zero-order chi connectivity index (χ0) is 12.1. The zero-order valence-corrected chi connectivity index (χ0v) is 11.2. The normalized spacial score (nSPS) is 20.8. The molecule has 0 radical (unpaired) electrons. The molecule has 2 nitrogen and oxygen atoms in total. The van der Waals surface area contributed by atoms with Crippen molar-refractivity contribution in [3.05, 3.63) is 34.9 Å². The molecule has 0 bridgehead atoms. The summed E-state index contributed by atoms with van der Waals surface area (Å²) in [6.07, 6.45) is 4.00. The van der Waals surface area contributed by atoms with E-state index < -0.39 is 0 Å². The van der Waals surface area contributed by atoms with Crippen molar-refractivity contribution >= 4 is 11.6 Å². The van der Waals surface area contributed by atoms with Crippen molar-refractivity contribution in [2.45, 2.75) is 31.8 Å². The number of halogens is 1. The molecule has 0 aromatic heterocycles. The quantitative estimate of drug-likeness (QED) is 0.887. The van der Waals surface area contributed by atoms with Gasteiger partial charge in [-0.2, -0.15) is 0 Å². The largest absolute Gasteiger partial charge is 0.313 e.